The Bertz CT molecular complexity index is 489. The quantitative estimate of drug-likeness (QED) is 0.826. The van der Waals surface area contributed by atoms with E-state index in [-0.39, 0.29) is 24.9 Å². The summed E-state index contributed by atoms with van der Waals surface area (Å²) >= 11 is 0. The molecule has 19 heavy (non-hydrogen) atoms. The van der Waals surface area contributed by atoms with Crippen molar-refractivity contribution in [1.29, 1.82) is 0 Å². The van der Waals surface area contributed by atoms with Crippen molar-refractivity contribution in [1.82, 2.24) is 5.32 Å². The van der Waals surface area contributed by atoms with Crippen LogP contribution in [0, 0.1) is 0 Å². The van der Waals surface area contributed by atoms with Crippen molar-refractivity contribution in [2.24, 2.45) is 0 Å². The van der Waals surface area contributed by atoms with Crippen LogP contribution in [0.4, 0.5) is 5.69 Å². The predicted octanol–water partition coefficient (Wildman–Crippen LogP) is 0.475. The smallest absolute Gasteiger partial charge is 0.304 e. The van der Waals surface area contributed by atoms with E-state index in [0.717, 1.165) is 0 Å². The fourth-order valence-electron chi connectivity index (χ4n) is 2.15. The molecule has 1 atom stereocenters. The Morgan fingerprint density at radius 2 is 2.26 bits per heavy atom. The largest absolute Gasteiger partial charge is 0.495 e. The van der Waals surface area contributed by atoms with Crippen molar-refractivity contribution >= 4 is 17.6 Å². The summed E-state index contributed by atoms with van der Waals surface area (Å²) in [6, 6.07) is 6.96. The Balaban J connectivity index is 2.21. The first-order valence-electron chi connectivity index (χ1n) is 6.00. The zero-order valence-corrected chi connectivity index (χ0v) is 10.6. The number of aliphatic carboxylic acids is 1. The molecule has 1 fully saturated rings. The summed E-state index contributed by atoms with van der Waals surface area (Å²) < 4.78 is 5.23. The fraction of sp³-hybridized carbons (Fsp3) is 0.385. The lowest BCUT2D eigenvalue weighted by atomic mass is 10.1. The molecular weight excluding hydrogens is 248 g/mol. The molecule has 2 N–H and O–H groups in total. The molecule has 1 aromatic carbocycles. The number of hydrogen-bond acceptors (Lipinski definition) is 4. The highest BCUT2D eigenvalue weighted by molar-refractivity contribution is 5.97. The molecule has 1 saturated heterocycles. The van der Waals surface area contributed by atoms with Gasteiger partial charge in [-0.1, -0.05) is 12.1 Å². The van der Waals surface area contributed by atoms with Gasteiger partial charge in [-0.25, -0.2) is 0 Å². The number of rotatable bonds is 4. The first kappa shape index (κ1) is 13.4. The van der Waals surface area contributed by atoms with Gasteiger partial charge in [-0.3, -0.25) is 9.59 Å². The number of carboxylic acids is 1. The summed E-state index contributed by atoms with van der Waals surface area (Å²) in [6.45, 7) is 0.460. The monoisotopic (exact) mass is 264 g/mol. The maximum atomic E-state index is 12.0. The summed E-state index contributed by atoms with van der Waals surface area (Å²) in [7, 11) is 1.54. The fourth-order valence-corrected chi connectivity index (χ4v) is 2.15. The standard InChI is InChI=1S/C13H16N2O4/c1-19-11-5-3-2-4-10(11)15-8-9(6-13(17)18)14-7-12(15)16/h2-5,9,14H,6-8H2,1H3,(H,17,18). The molecule has 1 amide bonds. The molecule has 102 valence electrons. The van der Waals surface area contributed by atoms with Gasteiger partial charge in [0.1, 0.15) is 5.75 Å². The van der Waals surface area contributed by atoms with Gasteiger partial charge in [0.15, 0.2) is 0 Å². The predicted molar refractivity (Wildman–Crippen MR) is 69.4 cm³/mol. The molecule has 1 aromatic rings. The molecule has 6 heteroatoms. The molecule has 6 nitrogen and oxygen atoms in total. The Morgan fingerprint density at radius 3 is 2.95 bits per heavy atom. The normalized spacial score (nSPS) is 19.3. The molecule has 0 radical (unpaired) electrons. The van der Waals surface area contributed by atoms with Gasteiger partial charge in [0.2, 0.25) is 5.91 Å². The van der Waals surface area contributed by atoms with Crippen LogP contribution in [-0.2, 0) is 9.59 Å². The highest BCUT2D eigenvalue weighted by Crippen LogP contribution is 2.28. The van der Waals surface area contributed by atoms with Gasteiger partial charge in [-0.2, -0.15) is 0 Å². The van der Waals surface area contributed by atoms with E-state index < -0.39 is 5.97 Å². The number of amides is 1. The van der Waals surface area contributed by atoms with E-state index in [4.69, 9.17) is 9.84 Å². The second-order valence-corrected chi connectivity index (χ2v) is 4.35. The maximum absolute atomic E-state index is 12.0. The number of nitrogens with zero attached hydrogens (tertiary/aromatic N) is 1. The van der Waals surface area contributed by atoms with Crippen molar-refractivity contribution in [2.45, 2.75) is 12.5 Å². The number of hydrogen-bond donors (Lipinski definition) is 2. The van der Waals surface area contributed by atoms with E-state index >= 15 is 0 Å². The lowest BCUT2D eigenvalue weighted by Gasteiger charge is -2.33. The van der Waals surface area contributed by atoms with Gasteiger partial charge in [-0.05, 0) is 12.1 Å². The number of anilines is 1. The van der Waals surface area contributed by atoms with Crippen molar-refractivity contribution in [3.05, 3.63) is 24.3 Å². The van der Waals surface area contributed by atoms with Crippen LogP contribution in [0.1, 0.15) is 6.42 Å². The van der Waals surface area contributed by atoms with Gasteiger partial charge in [0.25, 0.3) is 0 Å². The van der Waals surface area contributed by atoms with Crippen molar-refractivity contribution in [2.75, 3.05) is 25.1 Å². The summed E-state index contributed by atoms with van der Waals surface area (Å²) in [6.07, 6.45) is -0.0150. The third-order valence-corrected chi connectivity index (χ3v) is 3.04. The first-order valence-corrected chi connectivity index (χ1v) is 6.00. The topological polar surface area (TPSA) is 78.9 Å². The summed E-state index contributed by atoms with van der Waals surface area (Å²) in [5.74, 6) is -0.371. The minimum Gasteiger partial charge on any atom is -0.495 e. The van der Waals surface area contributed by atoms with Crippen molar-refractivity contribution < 1.29 is 19.4 Å². The Kier molecular flexibility index (Phi) is 4.01. The van der Waals surface area contributed by atoms with Crippen LogP contribution in [0.2, 0.25) is 0 Å². The average Bonchev–Trinajstić information content (AvgIpc) is 2.40. The van der Waals surface area contributed by atoms with Crippen LogP contribution < -0.4 is 15.0 Å². The van der Waals surface area contributed by atoms with Gasteiger partial charge < -0.3 is 20.1 Å². The number of piperazine rings is 1. The molecule has 1 unspecified atom stereocenters. The number of carbonyl (C=O) groups excluding carboxylic acids is 1. The van der Waals surface area contributed by atoms with Gasteiger partial charge >= 0.3 is 5.97 Å². The third-order valence-electron chi connectivity index (χ3n) is 3.04. The zero-order chi connectivity index (χ0) is 13.8. The zero-order valence-electron chi connectivity index (χ0n) is 10.6. The summed E-state index contributed by atoms with van der Waals surface area (Å²) in [4.78, 5) is 24.3. The van der Waals surface area contributed by atoms with E-state index in [0.29, 0.717) is 18.0 Å². The molecule has 1 aliphatic rings. The van der Waals surface area contributed by atoms with Crippen molar-refractivity contribution in [3.8, 4) is 5.75 Å². The average molecular weight is 264 g/mol. The van der Waals surface area contributed by atoms with E-state index in [1.165, 1.54) is 0 Å². The van der Waals surface area contributed by atoms with Crippen LogP contribution in [0.15, 0.2) is 24.3 Å². The Labute approximate surface area is 111 Å². The second kappa shape index (κ2) is 5.71. The highest BCUT2D eigenvalue weighted by Gasteiger charge is 2.29. The molecule has 0 aliphatic carbocycles. The van der Waals surface area contributed by atoms with Crippen LogP contribution in [0.25, 0.3) is 0 Å². The highest BCUT2D eigenvalue weighted by atomic mass is 16.5. The van der Waals surface area contributed by atoms with Gasteiger partial charge in [-0.15, -0.1) is 0 Å². The minimum atomic E-state index is -0.883. The second-order valence-electron chi connectivity index (χ2n) is 4.35. The Hall–Kier alpha value is -2.08. The Morgan fingerprint density at radius 1 is 1.53 bits per heavy atom. The lowest BCUT2D eigenvalue weighted by Crippen LogP contribution is -2.55. The number of carbonyl (C=O) groups is 2. The molecule has 2 rings (SSSR count). The number of methoxy groups -OCH3 is 1. The number of carboxylic acid groups (broad SMARTS) is 1. The summed E-state index contributed by atoms with van der Waals surface area (Å²) in [5, 5.41) is 11.7. The maximum Gasteiger partial charge on any atom is 0.304 e. The minimum absolute atomic E-state index is 0.0150. The molecular formula is C13H16N2O4. The van der Waals surface area contributed by atoms with Crippen LogP contribution in [0.5, 0.6) is 5.75 Å². The molecule has 0 aromatic heterocycles. The molecule has 1 aliphatic heterocycles. The van der Waals surface area contributed by atoms with Gasteiger partial charge in [0.05, 0.1) is 25.8 Å². The van der Waals surface area contributed by atoms with Crippen molar-refractivity contribution in [3.63, 3.8) is 0 Å². The van der Waals surface area contributed by atoms with Crippen LogP contribution in [0.3, 0.4) is 0 Å². The first-order chi connectivity index (χ1) is 9.11. The van der Waals surface area contributed by atoms with E-state index in [9.17, 15) is 9.59 Å². The molecule has 0 saturated carbocycles. The number of nitrogens with one attached hydrogen (secondary N) is 1. The SMILES string of the molecule is COc1ccccc1N1CC(CC(=O)O)NCC1=O. The van der Waals surface area contributed by atoms with Crippen LogP contribution in [-0.4, -0.2) is 43.2 Å². The summed E-state index contributed by atoms with van der Waals surface area (Å²) in [5.41, 5.74) is 0.673. The third kappa shape index (κ3) is 3.03. The number of ether oxygens (including phenoxy) is 1. The number of benzene rings is 1. The molecule has 0 spiro atoms. The van der Waals surface area contributed by atoms with E-state index in [1.54, 1.807) is 24.1 Å². The lowest BCUT2D eigenvalue weighted by molar-refractivity contribution is -0.138. The van der Waals surface area contributed by atoms with E-state index in [2.05, 4.69) is 5.32 Å². The molecule has 1 heterocycles. The molecule has 0 bridgehead atoms. The number of para-hydroxylation sites is 2. The van der Waals surface area contributed by atoms with Crippen LogP contribution >= 0.6 is 0 Å². The van der Waals surface area contributed by atoms with Gasteiger partial charge in [0, 0.05) is 12.6 Å². The van der Waals surface area contributed by atoms with E-state index in [1.807, 2.05) is 12.1 Å².